The Hall–Kier alpha value is -2.37. The van der Waals surface area contributed by atoms with Crippen LogP contribution in [0.15, 0.2) is 24.3 Å². The van der Waals surface area contributed by atoms with Crippen LogP contribution < -0.4 is 5.32 Å². The van der Waals surface area contributed by atoms with Crippen LogP contribution in [0.4, 0.5) is 5.69 Å². The molecule has 4 aliphatic rings. The summed E-state index contributed by atoms with van der Waals surface area (Å²) in [4.78, 5) is 38.8. The van der Waals surface area contributed by atoms with Crippen molar-refractivity contribution in [2.75, 3.05) is 25.0 Å². The Morgan fingerprint density at radius 2 is 1.52 bits per heavy atom. The van der Waals surface area contributed by atoms with Gasteiger partial charge in [-0.05, 0) is 99.8 Å². The third-order valence-electron chi connectivity index (χ3n) is 7.51. The average Bonchev–Trinajstić information content (AvgIpc) is 2.72. The average molecular weight is 427 g/mol. The molecule has 1 aromatic rings. The van der Waals surface area contributed by atoms with Gasteiger partial charge in [0.05, 0.1) is 6.42 Å². The van der Waals surface area contributed by atoms with Gasteiger partial charge in [0.2, 0.25) is 0 Å². The van der Waals surface area contributed by atoms with Gasteiger partial charge in [0.1, 0.15) is 0 Å². The molecule has 4 fully saturated rings. The highest BCUT2D eigenvalue weighted by Gasteiger charge is 2.51. The van der Waals surface area contributed by atoms with Crippen LogP contribution in [0.25, 0.3) is 0 Å². The number of rotatable bonds is 8. The SMILES string of the molecule is CCN(CC)C(=O)c1ccc(NC(=O)COC(=O)CC23CC4CC(CC(C4)C2)C3)cc1. The van der Waals surface area contributed by atoms with E-state index in [-0.39, 0.29) is 29.8 Å². The number of benzene rings is 1. The van der Waals surface area contributed by atoms with E-state index in [1.165, 1.54) is 19.3 Å². The first-order chi connectivity index (χ1) is 14.9. The van der Waals surface area contributed by atoms with Gasteiger partial charge in [-0.25, -0.2) is 0 Å². The summed E-state index contributed by atoms with van der Waals surface area (Å²) in [6.07, 6.45) is 7.94. The quantitative estimate of drug-likeness (QED) is 0.631. The summed E-state index contributed by atoms with van der Waals surface area (Å²) >= 11 is 0. The first kappa shape index (κ1) is 21.8. The molecule has 0 spiro atoms. The molecular weight excluding hydrogens is 392 g/mol. The minimum absolute atomic E-state index is 0.0264. The molecule has 4 saturated carbocycles. The smallest absolute Gasteiger partial charge is 0.306 e. The number of hydrogen-bond donors (Lipinski definition) is 1. The normalized spacial score (nSPS) is 28.3. The van der Waals surface area contributed by atoms with E-state index in [1.54, 1.807) is 29.2 Å². The highest BCUT2D eigenvalue weighted by Crippen LogP contribution is 2.61. The van der Waals surface area contributed by atoms with E-state index < -0.39 is 0 Å². The van der Waals surface area contributed by atoms with E-state index in [0.29, 0.717) is 30.8 Å². The Balaban J connectivity index is 1.24. The van der Waals surface area contributed by atoms with Crippen LogP contribution in [-0.4, -0.2) is 42.4 Å². The summed E-state index contributed by atoms with van der Waals surface area (Å²) in [6.45, 7) is 4.93. The molecule has 5 rings (SSSR count). The van der Waals surface area contributed by atoms with Crippen molar-refractivity contribution in [1.82, 2.24) is 4.90 Å². The van der Waals surface area contributed by atoms with Gasteiger partial charge in [0.25, 0.3) is 11.8 Å². The van der Waals surface area contributed by atoms with Crippen LogP contribution in [0.3, 0.4) is 0 Å². The molecule has 1 aromatic carbocycles. The Morgan fingerprint density at radius 1 is 0.968 bits per heavy atom. The van der Waals surface area contributed by atoms with Crippen molar-refractivity contribution in [2.24, 2.45) is 23.2 Å². The predicted octanol–water partition coefficient (Wildman–Crippen LogP) is 4.26. The van der Waals surface area contributed by atoms with Gasteiger partial charge in [0.15, 0.2) is 6.61 Å². The largest absolute Gasteiger partial charge is 0.456 e. The van der Waals surface area contributed by atoms with Crippen molar-refractivity contribution < 1.29 is 19.1 Å². The van der Waals surface area contributed by atoms with Crippen LogP contribution >= 0.6 is 0 Å². The molecule has 6 nitrogen and oxygen atoms in total. The van der Waals surface area contributed by atoms with E-state index in [2.05, 4.69) is 5.32 Å². The van der Waals surface area contributed by atoms with E-state index in [4.69, 9.17) is 4.74 Å². The van der Waals surface area contributed by atoms with Crippen molar-refractivity contribution in [3.63, 3.8) is 0 Å². The van der Waals surface area contributed by atoms with Crippen LogP contribution in [0.1, 0.15) is 69.2 Å². The highest BCUT2D eigenvalue weighted by molar-refractivity contribution is 5.96. The van der Waals surface area contributed by atoms with Gasteiger partial charge in [-0.2, -0.15) is 0 Å². The lowest BCUT2D eigenvalue weighted by Gasteiger charge is -2.56. The molecule has 0 aromatic heterocycles. The molecule has 4 bridgehead atoms. The zero-order valence-corrected chi connectivity index (χ0v) is 18.7. The Bertz CT molecular complexity index is 793. The maximum atomic E-state index is 12.5. The maximum Gasteiger partial charge on any atom is 0.306 e. The van der Waals surface area contributed by atoms with E-state index in [1.807, 2.05) is 13.8 Å². The molecule has 1 N–H and O–H groups in total. The maximum absolute atomic E-state index is 12.5. The number of anilines is 1. The van der Waals surface area contributed by atoms with E-state index >= 15 is 0 Å². The third-order valence-corrected chi connectivity index (χ3v) is 7.51. The first-order valence-corrected chi connectivity index (χ1v) is 11.7. The summed E-state index contributed by atoms with van der Waals surface area (Å²) in [5.41, 5.74) is 1.29. The second-order valence-electron chi connectivity index (χ2n) is 9.86. The fourth-order valence-electron chi connectivity index (χ4n) is 6.60. The number of nitrogens with zero attached hydrogens (tertiary/aromatic N) is 1. The third kappa shape index (κ3) is 4.94. The second kappa shape index (κ2) is 9.01. The van der Waals surface area contributed by atoms with Gasteiger partial charge in [-0.15, -0.1) is 0 Å². The van der Waals surface area contributed by atoms with Gasteiger partial charge in [0, 0.05) is 24.3 Å². The zero-order chi connectivity index (χ0) is 22.0. The first-order valence-electron chi connectivity index (χ1n) is 11.7. The Kier molecular flexibility index (Phi) is 6.35. The summed E-state index contributed by atoms with van der Waals surface area (Å²) in [5.74, 6) is 1.73. The van der Waals surface area contributed by atoms with Gasteiger partial charge >= 0.3 is 5.97 Å². The molecule has 0 unspecified atom stereocenters. The fraction of sp³-hybridized carbons (Fsp3) is 0.640. The van der Waals surface area contributed by atoms with Crippen molar-refractivity contribution in [1.29, 1.82) is 0 Å². The lowest BCUT2D eigenvalue weighted by atomic mass is 9.49. The molecule has 0 saturated heterocycles. The number of ether oxygens (including phenoxy) is 1. The van der Waals surface area contributed by atoms with Crippen LogP contribution in [0.5, 0.6) is 0 Å². The standard InChI is InChI=1S/C25H34N2O4/c1-3-27(4-2)24(30)20-5-7-21(8-6-20)26-22(28)16-31-23(29)15-25-12-17-9-18(13-25)11-19(10-17)14-25/h5-8,17-19H,3-4,9-16H2,1-2H3,(H,26,28). The molecule has 0 aliphatic heterocycles. The Morgan fingerprint density at radius 3 is 2.03 bits per heavy atom. The van der Waals surface area contributed by atoms with Crippen molar-refractivity contribution in [2.45, 2.75) is 58.8 Å². The minimum atomic E-state index is -0.360. The van der Waals surface area contributed by atoms with Gasteiger partial charge in [-0.1, -0.05) is 0 Å². The fourth-order valence-corrected chi connectivity index (χ4v) is 6.60. The van der Waals surface area contributed by atoms with E-state index in [0.717, 1.165) is 37.0 Å². The molecule has 0 heterocycles. The molecule has 31 heavy (non-hydrogen) atoms. The Labute approximate surface area is 184 Å². The summed E-state index contributed by atoms with van der Waals surface area (Å²) in [6, 6.07) is 6.81. The van der Waals surface area contributed by atoms with Crippen LogP contribution in [0.2, 0.25) is 0 Å². The van der Waals surface area contributed by atoms with Crippen LogP contribution in [0, 0.1) is 23.2 Å². The number of amides is 2. The summed E-state index contributed by atoms with van der Waals surface area (Å²) in [5, 5.41) is 2.74. The van der Waals surface area contributed by atoms with E-state index in [9.17, 15) is 14.4 Å². The summed E-state index contributed by atoms with van der Waals surface area (Å²) in [7, 11) is 0. The lowest BCUT2D eigenvalue weighted by molar-refractivity contribution is -0.154. The highest BCUT2D eigenvalue weighted by atomic mass is 16.5. The minimum Gasteiger partial charge on any atom is -0.456 e. The summed E-state index contributed by atoms with van der Waals surface area (Å²) < 4.78 is 5.33. The van der Waals surface area contributed by atoms with Crippen molar-refractivity contribution in [3.05, 3.63) is 29.8 Å². The monoisotopic (exact) mass is 426 g/mol. The lowest BCUT2D eigenvalue weighted by Crippen LogP contribution is -2.47. The molecule has 0 atom stereocenters. The number of esters is 1. The van der Waals surface area contributed by atoms with Crippen molar-refractivity contribution in [3.8, 4) is 0 Å². The van der Waals surface area contributed by atoms with Crippen LogP contribution in [-0.2, 0) is 14.3 Å². The molecular formula is C25H34N2O4. The number of nitrogens with one attached hydrogen (secondary N) is 1. The van der Waals surface area contributed by atoms with Crippen molar-refractivity contribution >= 4 is 23.5 Å². The van der Waals surface area contributed by atoms with Gasteiger partial charge < -0.3 is 15.0 Å². The number of carbonyl (C=O) groups is 3. The zero-order valence-electron chi connectivity index (χ0n) is 18.7. The molecule has 168 valence electrons. The number of hydrogen-bond acceptors (Lipinski definition) is 4. The molecule has 0 radical (unpaired) electrons. The molecule has 6 heteroatoms. The van der Waals surface area contributed by atoms with Gasteiger partial charge in [-0.3, -0.25) is 14.4 Å². The topological polar surface area (TPSA) is 75.7 Å². The predicted molar refractivity (Wildman–Crippen MR) is 119 cm³/mol. The number of carbonyl (C=O) groups excluding carboxylic acids is 3. The second-order valence-corrected chi connectivity index (χ2v) is 9.86. The molecule has 2 amide bonds. The molecule has 4 aliphatic carbocycles.